The molecule has 2 heterocycles. The highest BCUT2D eigenvalue weighted by Crippen LogP contribution is 2.27. The normalized spacial score (nSPS) is 19.9. The molecule has 1 atom stereocenters. The van der Waals surface area contributed by atoms with Gasteiger partial charge in [0.05, 0.1) is 18.1 Å². The number of aromatic nitrogens is 2. The second-order valence-electron chi connectivity index (χ2n) is 4.38. The monoisotopic (exact) mass is 242 g/mol. The zero-order chi connectivity index (χ0) is 11.5. The largest absolute Gasteiger partial charge is 0.335 e. The van der Waals surface area contributed by atoms with Crippen LogP contribution in [0.2, 0.25) is 5.15 Å². The molecule has 2 N–H and O–H groups in total. The van der Waals surface area contributed by atoms with E-state index in [1.807, 2.05) is 11.6 Å². The van der Waals surface area contributed by atoms with Crippen molar-refractivity contribution in [1.82, 2.24) is 14.5 Å². The maximum atomic E-state index is 6.12. The summed E-state index contributed by atoms with van der Waals surface area (Å²) in [4.78, 5) is 6.55. The van der Waals surface area contributed by atoms with Crippen LogP contribution in [0.3, 0.4) is 0 Å². The Hall–Kier alpha value is -0.580. The summed E-state index contributed by atoms with van der Waals surface area (Å²) in [5.74, 6) is 0. The van der Waals surface area contributed by atoms with Gasteiger partial charge in [-0.3, -0.25) is 4.90 Å². The van der Waals surface area contributed by atoms with Crippen LogP contribution in [0.25, 0.3) is 0 Å². The highest BCUT2D eigenvalue weighted by molar-refractivity contribution is 6.30. The fourth-order valence-electron chi connectivity index (χ4n) is 2.45. The average Bonchev–Trinajstić information content (AvgIpc) is 2.63. The Balaban J connectivity index is 2.21. The third-order valence-electron chi connectivity index (χ3n) is 3.31. The van der Waals surface area contributed by atoms with Gasteiger partial charge in [0.2, 0.25) is 0 Å². The highest BCUT2D eigenvalue weighted by Gasteiger charge is 2.25. The molecule has 2 rings (SSSR count). The van der Waals surface area contributed by atoms with Crippen LogP contribution in [0.4, 0.5) is 0 Å². The summed E-state index contributed by atoms with van der Waals surface area (Å²) in [6, 6.07) is 0.209. The van der Waals surface area contributed by atoms with E-state index in [0.717, 1.165) is 18.8 Å². The van der Waals surface area contributed by atoms with Gasteiger partial charge in [-0.25, -0.2) is 4.98 Å². The van der Waals surface area contributed by atoms with Gasteiger partial charge >= 0.3 is 0 Å². The van der Waals surface area contributed by atoms with Gasteiger partial charge in [0.1, 0.15) is 0 Å². The van der Waals surface area contributed by atoms with E-state index in [2.05, 4.69) is 9.88 Å². The van der Waals surface area contributed by atoms with Crippen molar-refractivity contribution in [2.24, 2.45) is 12.8 Å². The molecule has 0 spiro atoms. The molecule has 0 radical (unpaired) electrons. The van der Waals surface area contributed by atoms with Gasteiger partial charge in [-0.2, -0.15) is 0 Å². The molecule has 1 aromatic heterocycles. The maximum Gasteiger partial charge on any atom is 0.151 e. The lowest BCUT2D eigenvalue weighted by Gasteiger charge is -2.34. The van der Waals surface area contributed by atoms with E-state index in [-0.39, 0.29) is 6.04 Å². The SMILES string of the molecule is Cn1cnc(Cl)c1C(CN)N1CCCCC1. The van der Waals surface area contributed by atoms with Gasteiger partial charge in [-0.1, -0.05) is 18.0 Å². The Morgan fingerprint density at radius 3 is 2.62 bits per heavy atom. The molecule has 1 aliphatic heterocycles. The van der Waals surface area contributed by atoms with Crippen molar-refractivity contribution in [3.8, 4) is 0 Å². The molecule has 5 heteroatoms. The third-order valence-corrected chi connectivity index (χ3v) is 3.60. The molecule has 90 valence electrons. The van der Waals surface area contributed by atoms with Gasteiger partial charge in [0.15, 0.2) is 5.15 Å². The number of imidazole rings is 1. The molecular weight excluding hydrogens is 224 g/mol. The predicted octanol–water partition coefficient (Wildman–Crippen LogP) is 1.56. The van der Waals surface area contributed by atoms with E-state index in [0.29, 0.717) is 11.7 Å². The summed E-state index contributed by atoms with van der Waals surface area (Å²) in [6.07, 6.45) is 5.59. The van der Waals surface area contributed by atoms with E-state index >= 15 is 0 Å². The number of nitrogens with zero attached hydrogens (tertiary/aromatic N) is 3. The maximum absolute atomic E-state index is 6.12. The summed E-state index contributed by atoms with van der Waals surface area (Å²) in [7, 11) is 1.97. The Bertz CT molecular complexity index is 324. The Kier molecular flexibility index (Phi) is 3.84. The molecule has 1 unspecified atom stereocenters. The molecule has 1 aliphatic rings. The molecule has 0 bridgehead atoms. The standard InChI is InChI=1S/C11H19ClN4/c1-15-8-14-11(12)10(15)9(7-13)16-5-3-2-4-6-16/h8-9H,2-7,13H2,1H3. The van der Waals surface area contributed by atoms with Crippen molar-refractivity contribution in [3.05, 3.63) is 17.2 Å². The van der Waals surface area contributed by atoms with Gasteiger partial charge in [0, 0.05) is 13.6 Å². The van der Waals surface area contributed by atoms with Crippen molar-refractivity contribution in [2.75, 3.05) is 19.6 Å². The van der Waals surface area contributed by atoms with Crippen molar-refractivity contribution >= 4 is 11.6 Å². The highest BCUT2D eigenvalue weighted by atomic mass is 35.5. The van der Waals surface area contributed by atoms with E-state index in [9.17, 15) is 0 Å². The third kappa shape index (κ3) is 2.24. The zero-order valence-electron chi connectivity index (χ0n) is 9.69. The smallest absolute Gasteiger partial charge is 0.151 e. The van der Waals surface area contributed by atoms with Crippen LogP contribution in [-0.4, -0.2) is 34.1 Å². The number of hydrogen-bond donors (Lipinski definition) is 1. The van der Waals surface area contributed by atoms with Crippen molar-refractivity contribution in [1.29, 1.82) is 0 Å². The summed E-state index contributed by atoms with van der Waals surface area (Å²) >= 11 is 6.12. The second-order valence-corrected chi connectivity index (χ2v) is 4.74. The summed E-state index contributed by atoms with van der Waals surface area (Å²) < 4.78 is 1.98. The molecule has 16 heavy (non-hydrogen) atoms. The molecule has 1 saturated heterocycles. The molecule has 1 aromatic rings. The minimum Gasteiger partial charge on any atom is -0.335 e. The fraction of sp³-hybridized carbons (Fsp3) is 0.727. The van der Waals surface area contributed by atoms with Crippen molar-refractivity contribution < 1.29 is 0 Å². The summed E-state index contributed by atoms with van der Waals surface area (Å²) in [5, 5.41) is 0.587. The lowest BCUT2D eigenvalue weighted by molar-refractivity contribution is 0.162. The number of rotatable bonds is 3. The van der Waals surface area contributed by atoms with Crippen molar-refractivity contribution in [2.45, 2.75) is 25.3 Å². The first kappa shape index (κ1) is 11.9. The van der Waals surface area contributed by atoms with E-state index < -0.39 is 0 Å². The van der Waals surface area contributed by atoms with E-state index in [1.54, 1.807) is 6.33 Å². The molecule has 4 nitrogen and oxygen atoms in total. The fourth-order valence-corrected chi connectivity index (χ4v) is 2.75. The molecule has 0 aromatic carbocycles. The summed E-state index contributed by atoms with van der Waals surface area (Å²) in [5.41, 5.74) is 6.94. The molecule has 1 fully saturated rings. The van der Waals surface area contributed by atoms with Gasteiger partial charge in [-0.15, -0.1) is 0 Å². The van der Waals surface area contributed by atoms with Crippen LogP contribution in [0.1, 0.15) is 31.0 Å². The number of aryl methyl sites for hydroxylation is 1. The lowest BCUT2D eigenvalue weighted by atomic mass is 10.1. The van der Waals surface area contributed by atoms with Gasteiger partial charge < -0.3 is 10.3 Å². The number of piperidine rings is 1. The van der Waals surface area contributed by atoms with E-state index in [4.69, 9.17) is 17.3 Å². The topological polar surface area (TPSA) is 47.1 Å². The summed E-state index contributed by atoms with van der Waals surface area (Å²) in [6.45, 7) is 2.83. The zero-order valence-corrected chi connectivity index (χ0v) is 10.5. The van der Waals surface area contributed by atoms with Crippen LogP contribution in [0.15, 0.2) is 6.33 Å². The molecule has 0 amide bonds. The van der Waals surface area contributed by atoms with Crippen molar-refractivity contribution in [3.63, 3.8) is 0 Å². The van der Waals surface area contributed by atoms with Crippen LogP contribution in [0, 0.1) is 0 Å². The Morgan fingerprint density at radius 1 is 1.44 bits per heavy atom. The first-order chi connectivity index (χ1) is 7.74. The first-order valence-electron chi connectivity index (χ1n) is 5.85. The predicted molar refractivity (Wildman–Crippen MR) is 65.4 cm³/mol. The van der Waals surface area contributed by atoms with Crippen LogP contribution >= 0.6 is 11.6 Å². The van der Waals surface area contributed by atoms with Crippen LogP contribution in [-0.2, 0) is 7.05 Å². The number of nitrogens with two attached hydrogens (primary N) is 1. The minimum atomic E-state index is 0.209. The second kappa shape index (κ2) is 5.17. The van der Waals surface area contributed by atoms with Gasteiger partial charge in [-0.05, 0) is 25.9 Å². The molecule has 0 aliphatic carbocycles. The van der Waals surface area contributed by atoms with Crippen LogP contribution in [0.5, 0.6) is 0 Å². The lowest BCUT2D eigenvalue weighted by Crippen LogP contribution is -2.38. The quantitative estimate of drug-likeness (QED) is 0.875. The number of likely N-dealkylation sites (tertiary alicyclic amines) is 1. The van der Waals surface area contributed by atoms with Crippen LogP contribution < -0.4 is 5.73 Å². The Morgan fingerprint density at radius 2 is 2.12 bits per heavy atom. The molecule has 0 saturated carbocycles. The molecular formula is C11H19ClN4. The van der Waals surface area contributed by atoms with E-state index in [1.165, 1.54) is 19.3 Å². The number of halogens is 1. The average molecular weight is 243 g/mol. The Labute approximate surface area is 101 Å². The number of hydrogen-bond acceptors (Lipinski definition) is 3. The minimum absolute atomic E-state index is 0.209. The van der Waals surface area contributed by atoms with Gasteiger partial charge in [0.25, 0.3) is 0 Å². The first-order valence-corrected chi connectivity index (χ1v) is 6.22.